The molecule has 4 aromatic rings. The molecule has 4 aliphatic rings. The third-order valence-electron chi connectivity index (χ3n) is 8.28. The predicted octanol–water partition coefficient (Wildman–Crippen LogP) is 5.05. The smallest absolute Gasteiger partial charge is 0.0596 e. The van der Waals surface area contributed by atoms with Gasteiger partial charge in [-0.2, -0.15) is 5.10 Å². The highest BCUT2D eigenvalue weighted by atomic mass is 16.3. The molecule has 0 unspecified atom stereocenters. The Morgan fingerprint density at radius 3 is 1.98 bits per heavy atom. The van der Waals surface area contributed by atoms with Crippen LogP contribution >= 0.6 is 0 Å². The molecule has 1 aliphatic carbocycles. The third kappa shape index (κ3) is 8.34. The van der Waals surface area contributed by atoms with Crippen LogP contribution in [0.1, 0.15) is 74.7 Å². The van der Waals surface area contributed by atoms with Crippen LogP contribution in [0.25, 0.3) is 0 Å². The van der Waals surface area contributed by atoms with Gasteiger partial charge >= 0.3 is 0 Å². The summed E-state index contributed by atoms with van der Waals surface area (Å²) in [5.41, 5.74) is 14.3. The van der Waals surface area contributed by atoms with Crippen LogP contribution in [0.15, 0.2) is 42.9 Å². The molecule has 0 amide bonds. The van der Waals surface area contributed by atoms with Gasteiger partial charge in [-0.15, -0.1) is 0 Å². The molecule has 0 fully saturated rings. The lowest BCUT2D eigenvalue weighted by molar-refractivity contribution is 0.197. The van der Waals surface area contributed by atoms with Crippen molar-refractivity contribution >= 4 is 0 Å². The van der Waals surface area contributed by atoms with Crippen LogP contribution in [-0.4, -0.2) is 59.8 Å². The summed E-state index contributed by atoms with van der Waals surface area (Å²) in [6, 6.07) is 8.84. The van der Waals surface area contributed by atoms with Crippen LogP contribution in [0.2, 0.25) is 0 Å². The number of β-amino-alcohol motifs (C(OH)–C–C–N with tert-alkyl or cyclic N) is 1. The van der Waals surface area contributed by atoms with Crippen LogP contribution in [-0.2, 0) is 52.0 Å². The van der Waals surface area contributed by atoms with E-state index < -0.39 is 0 Å². The van der Waals surface area contributed by atoms with E-state index in [0.717, 1.165) is 45.0 Å². The second-order valence-electron chi connectivity index (χ2n) is 12.4. The first-order valence-corrected chi connectivity index (χ1v) is 15.7. The highest BCUT2D eigenvalue weighted by Crippen LogP contribution is 2.22. The van der Waals surface area contributed by atoms with Crippen LogP contribution in [0, 0.1) is 27.7 Å². The summed E-state index contributed by atoms with van der Waals surface area (Å²) >= 11 is 0. The lowest BCUT2D eigenvalue weighted by Gasteiger charge is -2.10. The average Bonchev–Trinajstić information content (AvgIpc) is 3.78. The zero-order valence-electron chi connectivity index (χ0n) is 26.6. The Kier molecular flexibility index (Phi) is 10.3. The molecule has 0 spiro atoms. The molecular weight excluding hydrogens is 534 g/mol. The van der Waals surface area contributed by atoms with E-state index in [9.17, 15) is 0 Å². The van der Waals surface area contributed by atoms with Crippen molar-refractivity contribution in [2.45, 2.75) is 92.5 Å². The third-order valence-corrected chi connectivity index (χ3v) is 8.28. The number of hydrogen-bond acceptors (Lipinski definition) is 7. The van der Waals surface area contributed by atoms with Gasteiger partial charge in [0.1, 0.15) is 0 Å². The first-order chi connectivity index (χ1) is 20.8. The van der Waals surface area contributed by atoms with Crippen molar-refractivity contribution in [2.75, 3.05) is 20.2 Å². The highest BCUT2D eigenvalue weighted by Gasteiger charge is 2.19. The molecule has 0 atom stereocenters. The maximum absolute atomic E-state index is 8.80. The Bertz CT molecular complexity index is 1510. The Hall–Kier alpha value is -3.46. The van der Waals surface area contributed by atoms with Crippen molar-refractivity contribution in [1.29, 1.82) is 0 Å². The van der Waals surface area contributed by atoms with E-state index in [2.05, 4.69) is 86.6 Å². The molecule has 0 saturated heterocycles. The van der Waals surface area contributed by atoms with Gasteiger partial charge in [0.05, 0.1) is 23.7 Å². The number of fused-ring (bicyclic) bond motifs is 4. The number of aromatic nitrogens is 5. The van der Waals surface area contributed by atoms with Gasteiger partial charge in [-0.05, 0) is 106 Å². The first kappa shape index (κ1) is 31.0. The standard InChI is InChI=1S/C10H14N2O.C9H12N2.C9H11N.C7H10N2/c1-8-4-9-6-12(2-3-13)7-10(9)11-5-8;1-7-3-8-5-11(2)6-9(8)10-4-7;1-7-5-8-3-2-4-9(8)10-6-7;1-6-5-7-3-2-4-9(7)8-6/h4-5,13H,2-3,6-7H2,1H3;3-4H,5-6H2,1-2H3;5-6H,2-4H2,1H3;5H,2-4H2,1H3. The number of aliphatic hydroxyl groups is 1. The van der Waals surface area contributed by atoms with E-state index in [4.69, 9.17) is 5.11 Å². The van der Waals surface area contributed by atoms with E-state index in [-0.39, 0.29) is 6.61 Å². The zero-order valence-corrected chi connectivity index (χ0v) is 26.6. The average molecular weight is 582 g/mol. The topological polar surface area (TPSA) is 83.2 Å². The number of hydrogen-bond donors (Lipinski definition) is 1. The van der Waals surface area contributed by atoms with Crippen LogP contribution in [0.5, 0.6) is 0 Å². The molecule has 4 aromatic heterocycles. The van der Waals surface area contributed by atoms with Crippen molar-refractivity contribution in [3.8, 4) is 0 Å². The molecule has 43 heavy (non-hydrogen) atoms. The van der Waals surface area contributed by atoms with E-state index in [1.165, 1.54) is 88.3 Å². The van der Waals surface area contributed by atoms with Gasteiger partial charge in [-0.25, -0.2) is 0 Å². The number of aliphatic hydroxyl groups excluding tert-OH is 1. The van der Waals surface area contributed by atoms with Crippen LogP contribution in [0.4, 0.5) is 0 Å². The van der Waals surface area contributed by atoms with E-state index in [1.54, 1.807) is 0 Å². The Morgan fingerprint density at radius 1 is 0.674 bits per heavy atom. The summed E-state index contributed by atoms with van der Waals surface area (Å²) in [5, 5.41) is 13.1. The maximum Gasteiger partial charge on any atom is 0.0596 e. The van der Waals surface area contributed by atoms with E-state index in [1.807, 2.05) is 25.5 Å². The minimum atomic E-state index is 0.229. The lowest BCUT2D eigenvalue weighted by Crippen LogP contribution is -2.20. The van der Waals surface area contributed by atoms with Gasteiger partial charge < -0.3 is 5.11 Å². The number of nitrogens with zero attached hydrogens (tertiary/aromatic N) is 7. The molecule has 7 heterocycles. The van der Waals surface area contributed by atoms with Crippen LogP contribution < -0.4 is 0 Å². The molecular formula is C35H47N7O. The van der Waals surface area contributed by atoms with Crippen molar-refractivity contribution in [2.24, 2.45) is 0 Å². The van der Waals surface area contributed by atoms with Crippen molar-refractivity contribution < 1.29 is 5.11 Å². The van der Waals surface area contributed by atoms with E-state index in [0.29, 0.717) is 0 Å². The second-order valence-corrected chi connectivity index (χ2v) is 12.4. The highest BCUT2D eigenvalue weighted by molar-refractivity contribution is 5.29. The Morgan fingerprint density at radius 2 is 1.30 bits per heavy atom. The summed E-state index contributed by atoms with van der Waals surface area (Å²) in [4.78, 5) is 17.6. The Balaban J connectivity index is 0.000000115. The predicted molar refractivity (Wildman–Crippen MR) is 171 cm³/mol. The molecule has 1 N–H and O–H groups in total. The number of aryl methyl sites for hydroxylation is 8. The molecule has 0 bridgehead atoms. The largest absolute Gasteiger partial charge is 0.395 e. The van der Waals surface area contributed by atoms with Crippen molar-refractivity contribution in [3.05, 3.63) is 105 Å². The Labute approximate surface area is 256 Å². The molecule has 0 radical (unpaired) electrons. The van der Waals surface area contributed by atoms with Gasteiger partial charge in [0.25, 0.3) is 0 Å². The van der Waals surface area contributed by atoms with E-state index >= 15 is 0 Å². The molecule has 0 saturated carbocycles. The van der Waals surface area contributed by atoms with Gasteiger partial charge in [0.15, 0.2) is 0 Å². The lowest BCUT2D eigenvalue weighted by atomic mass is 10.2. The molecule has 228 valence electrons. The number of rotatable bonds is 2. The quantitative estimate of drug-likeness (QED) is 0.355. The fourth-order valence-electron chi connectivity index (χ4n) is 6.23. The zero-order chi connectivity index (χ0) is 30.3. The minimum Gasteiger partial charge on any atom is -0.395 e. The monoisotopic (exact) mass is 581 g/mol. The fraction of sp³-hybridized carbons (Fsp3) is 0.486. The second kappa shape index (κ2) is 14.3. The summed E-state index contributed by atoms with van der Waals surface area (Å²) in [6.45, 7) is 14.3. The normalized spacial score (nSPS) is 16.1. The molecule has 8 nitrogen and oxygen atoms in total. The van der Waals surface area contributed by atoms with Gasteiger partial charge in [-0.3, -0.25) is 29.4 Å². The van der Waals surface area contributed by atoms with Gasteiger partial charge in [-0.1, -0.05) is 18.2 Å². The minimum absolute atomic E-state index is 0.229. The van der Waals surface area contributed by atoms with Gasteiger partial charge in [0, 0.05) is 69.2 Å². The summed E-state index contributed by atoms with van der Waals surface area (Å²) in [6.07, 6.45) is 12.0. The summed E-state index contributed by atoms with van der Waals surface area (Å²) in [5.74, 6) is 0. The maximum atomic E-state index is 8.80. The van der Waals surface area contributed by atoms with Crippen molar-refractivity contribution in [1.82, 2.24) is 34.5 Å². The SMILES string of the molecule is Cc1cc2n(n1)CCC2.Cc1cnc2c(c1)CCC2.Cc1cnc2c(c1)CN(C)C2.Cc1cnc2c(c1)CN(CCO)C2. The van der Waals surface area contributed by atoms with Crippen molar-refractivity contribution in [3.63, 3.8) is 0 Å². The molecule has 0 aromatic carbocycles. The summed E-state index contributed by atoms with van der Waals surface area (Å²) < 4.78 is 2.11. The first-order valence-electron chi connectivity index (χ1n) is 15.7. The molecule has 3 aliphatic heterocycles. The number of pyridine rings is 3. The van der Waals surface area contributed by atoms with Gasteiger partial charge in [0.2, 0.25) is 0 Å². The molecule has 8 heteroatoms. The van der Waals surface area contributed by atoms with Crippen LogP contribution in [0.3, 0.4) is 0 Å². The fourth-order valence-corrected chi connectivity index (χ4v) is 6.23. The summed E-state index contributed by atoms with van der Waals surface area (Å²) in [7, 11) is 2.12. The molecule has 8 rings (SSSR count).